The number of nitrogens with zero attached hydrogens (tertiary/aromatic N) is 1. The van der Waals surface area contributed by atoms with Crippen molar-refractivity contribution >= 4 is 11.9 Å². The number of aliphatic hydroxyl groups is 5. The van der Waals surface area contributed by atoms with Crippen LogP contribution in [0.25, 0.3) is 0 Å². The molecule has 5 atom stereocenters. The molecule has 0 aromatic rings. The summed E-state index contributed by atoms with van der Waals surface area (Å²) in [6.45, 7) is -0.737. The van der Waals surface area contributed by atoms with Crippen LogP contribution in [0, 0.1) is 0 Å². The van der Waals surface area contributed by atoms with Crippen LogP contribution in [0.4, 0.5) is 0 Å². The van der Waals surface area contributed by atoms with Crippen LogP contribution in [0.2, 0.25) is 0 Å². The van der Waals surface area contributed by atoms with Gasteiger partial charge in [0.15, 0.2) is 6.10 Å². The van der Waals surface area contributed by atoms with E-state index in [0.717, 1.165) is 4.90 Å². The number of aliphatic hydroxyl groups excluding tert-OH is 5. The summed E-state index contributed by atoms with van der Waals surface area (Å²) < 4.78 is 0. The number of carboxylic acids is 1. The second-order valence-corrected chi connectivity index (χ2v) is 4.70. The van der Waals surface area contributed by atoms with E-state index in [1.54, 1.807) is 0 Å². The van der Waals surface area contributed by atoms with Crippen LogP contribution in [0.3, 0.4) is 0 Å². The van der Waals surface area contributed by atoms with Gasteiger partial charge in [-0.1, -0.05) is 0 Å². The van der Waals surface area contributed by atoms with E-state index in [0.29, 0.717) is 6.42 Å². The van der Waals surface area contributed by atoms with Crippen LogP contribution in [-0.2, 0) is 9.59 Å². The van der Waals surface area contributed by atoms with E-state index in [1.165, 1.54) is 0 Å². The molecule has 9 nitrogen and oxygen atoms in total. The quantitative estimate of drug-likeness (QED) is 0.294. The summed E-state index contributed by atoms with van der Waals surface area (Å²) in [5.74, 6) is -2.25. The molecule has 1 heterocycles. The fraction of sp³-hybridized carbons (Fsp3) is 0.818. The lowest BCUT2D eigenvalue weighted by Crippen LogP contribution is -2.54. The van der Waals surface area contributed by atoms with Gasteiger partial charge in [-0.05, 0) is 12.8 Å². The fourth-order valence-electron chi connectivity index (χ4n) is 2.13. The van der Waals surface area contributed by atoms with Crippen LogP contribution in [0.1, 0.15) is 12.8 Å². The number of carbonyl (C=O) groups is 2. The SMILES string of the molecule is O=C(O)[C@@H]1CCCN1C(=O)[C@H](O)[C@@H](O)[C@H](O)[C@H](O)CO. The monoisotopic (exact) mass is 293 g/mol. The minimum atomic E-state index is -2.08. The molecule has 6 N–H and O–H groups in total. The highest BCUT2D eigenvalue weighted by molar-refractivity contribution is 5.87. The molecule has 0 saturated carbocycles. The van der Waals surface area contributed by atoms with Crippen molar-refractivity contribution in [2.24, 2.45) is 0 Å². The maximum atomic E-state index is 11.9. The Labute approximate surface area is 114 Å². The number of hydrogen-bond donors (Lipinski definition) is 6. The maximum absolute atomic E-state index is 11.9. The minimum absolute atomic E-state index is 0.123. The van der Waals surface area contributed by atoms with Crippen molar-refractivity contribution in [2.75, 3.05) is 13.2 Å². The highest BCUT2D eigenvalue weighted by atomic mass is 16.4. The Kier molecular flexibility index (Phi) is 5.84. The molecule has 1 aliphatic rings. The first-order valence-corrected chi connectivity index (χ1v) is 6.17. The number of aliphatic carboxylic acids is 1. The van der Waals surface area contributed by atoms with Crippen molar-refractivity contribution in [3.8, 4) is 0 Å². The molecular weight excluding hydrogens is 274 g/mol. The molecule has 0 spiro atoms. The molecule has 20 heavy (non-hydrogen) atoms. The van der Waals surface area contributed by atoms with Crippen LogP contribution >= 0.6 is 0 Å². The highest BCUT2D eigenvalue weighted by Crippen LogP contribution is 2.20. The molecule has 0 aromatic carbocycles. The third kappa shape index (κ3) is 3.44. The molecule has 1 rings (SSSR count). The highest BCUT2D eigenvalue weighted by Gasteiger charge is 2.41. The molecular formula is C11H19NO8. The summed E-state index contributed by atoms with van der Waals surface area (Å²) in [5.41, 5.74) is 0. The molecule has 0 radical (unpaired) electrons. The molecule has 1 amide bonds. The first-order valence-electron chi connectivity index (χ1n) is 6.17. The van der Waals surface area contributed by atoms with Gasteiger partial charge in [0, 0.05) is 6.54 Å². The normalized spacial score (nSPS) is 25.1. The Morgan fingerprint density at radius 1 is 1.15 bits per heavy atom. The number of likely N-dealkylation sites (tertiary alicyclic amines) is 1. The Morgan fingerprint density at radius 3 is 2.25 bits per heavy atom. The molecule has 1 fully saturated rings. The second-order valence-electron chi connectivity index (χ2n) is 4.70. The molecule has 0 aromatic heterocycles. The largest absolute Gasteiger partial charge is 0.480 e. The topological polar surface area (TPSA) is 159 Å². The van der Waals surface area contributed by atoms with Gasteiger partial charge in [-0.15, -0.1) is 0 Å². The van der Waals surface area contributed by atoms with Crippen LogP contribution in [-0.4, -0.2) is 91.0 Å². The zero-order valence-electron chi connectivity index (χ0n) is 10.7. The Bertz CT molecular complexity index is 362. The smallest absolute Gasteiger partial charge is 0.326 e. The van der Waals surface area contributed by atoms with Gasteiger partial charge in [-0.2, -0.15) is 0 Å². The van der Waals surface area contributed by atoms with Gasteiger partial charge in [-0.3, -0.25) is 4.79 Å². The van der Waals surface area contributed by atoms with Crippen LogP contribution < -0.4 is 0 Å². The third-order valence-corrected chi connectivity index (χ3v) is 3.33. The number of carbonyl (C=O) groups excluding carboxylic acids is 1. The van der Waals surface area contributed by atoms with Crippen molar-refractivity contribution in [3.05, 3.63) is 0 Å². The summed E-state index contributed by atoms with van der Waals surface area (Å²) in [6, 6.07) is -1.08. The Balaban J connectivity index is 2.73. The predicted molar refractivity (Wildman–Crippen MR) is 63.5 cm³/mol. The molecule has 0 unspecified atom stereocenters. The Morgan fingerprint density at radius 2 is 1.75 bits per heavy atom. The van der Waals surface area contributed by atoms with Gasteiger partial charge >= 0.3 is 5.97 Å². The van der Waals surface area contributed by atoms with Crippen molar-refractivity contribution in [1.82, 2.24) is 4.90 Å². The van der Waals surface area contributed by atoms with Gasteiger partial charge in [0.05, 0.1) is 6.61 Å². The average Bonchev–Trinajstić information content (AvgIpc) is 2.92. The Hall–Kier alpha value is -1.26. The molecule has 1 aliphatic heterocycles. The zero-order chi connectivity index (χ0) is 15.4. The average molecular weight is 293 g/mol. The summed E-state index contributed by atoms with van der Waals surface area (Å²) in [4.78, 5) is 23.8. The first-order chi connectivity index (χ1) is 9.31. The van der Waals surface area contributed by atoms with Crippen LogP contribution in [0.5, 0.6) is 0 Å². The lowest BCUT2D eigenvalue weighted by molar-refractivity contribution is -0.163. The number of rotatable bonds is 6. The predicted octanol–water partition coefficient (Wildman–Crippen LogP) is -3.50. The van der Waals surface area contributed by atoms with Crippen molar-refractivity contribution < 1.29 is 40.2 Å². The number of amides is 1. The molecule has 1 saturated heterocycles. The van der Waals surface area contributed by atoms with Gasteiger partial charge < -0.3 is 35.5 Å². The summed E-state index contributed by atoms with van der Waals surface area (Å²) in [6.07, 6.45) is -7.06. The lowest BCUT2D eigenvalue weighted by Gasteiger charge is -2.29. The standard InChI is InChI=1S/C11H19NO8/c13-4-6(14)7(15)8(16)9(17)10(18)12-3-1-2-5(12)11(19)20/h5-9,13-17H,1-4H2,(H,19,20)/t5-,6+,7+,8-,9+/m0/s1. The van der Waals surface area contributed by atoms with Crippen molar-refractivity contribution in [3.63, 3.8) is 0 Å². The van der Waals surface area contributed by atoms with E-state index < -0.39 is 48.9 Å². The number of hydrogen-bond acceptors (Lipinski definition) is 7. The lowest BCUT2D eigenvalue weighted by atomic mass is 10.0. The molecule has 0 aliphatic carbocycles. The molecule has 9 heteroatoms. The van der Waals surface area contributed by atoms with E-state index >= 15 is 0 Å². The van der Waals surface area contributed by atoms with Crippen LogP contribution in [0.15, 0.2) is 0 Å². The summed E-state index contributed by atoms with van der Waals surface area (Å²) in [5, 5.41) is 55.4. The fourth-order valence-corrected chi connectivity index (χ4v) is 2.13. The van der Waals surface area contributed by atoms with Gasteiger partial charge in [0.25, 0.3) is 5.91 Å². The van der Waals surface area contributed by atoms with E-state index in [-0.39, 0.29) is 13.0 Å². The maximum Gasteiger partial charge on any atom is 0.326 e. The summed E-state index contributed by atoms with van der Waals surface area (Å²) in [7, 11) is 0. The van der Waals surface area contributed by atoms with E-state index in [9.17, 15) is 24.9 Å². The van der Waals surface area contributed by atoms with E-state index in [1.807, 2.05) is 0 Å². The number of carboxylic acid groups (broad SMARTS) is 1. The van der Waals surface area contributed by atoms with Gasteiger partial charge in [-0.25, -0.2) is 4.79 Å². The molecule has 0 bridgehead atoms. The summed E-state index contributed by atoms with van der Waals surface area (Å²) >= 11 is 0. The van der Waals surface area contributed by atoms with E-state index in [4.69, 9.17) is 15.3 Å². The van der Waals surface area contributed by atoms with Crippen molar-refractivity contribution in [2.45, 2.75) is 43.3 Å². The van der Waals surface area contributed by atoms with E-state index in [2.05, 4.69) is 0 Å². The molecule has 116 valence electrons. The van der Waals surface area contributed by atoms with Crippen molar-refractivity contribution in [1.29, 1.82) is 0 Å². The first kappa shape index (κ1) is 16.8. The second kappa shape index (κ2) is 6.95. The third-order valence-electron chi connectivity index (χ3n) is 3.33. The zero-order valence-corrected chi connectivity index (χ0v) is 10.7. The van der Waals surface area contributed by atoms with Gasteiger partial charge in [0.1, 0.15) is 24.4 Å². The minimum Gasteiger partial charge on any atom is -0.480 e. The van der Waals surface area contributed by atoms with Gasteiger partial charge in [0.2, 0.25) is 0 Å².